The molecule has 0 aliphatic carbocycles. The zero-order chi connectivity index (χ0) is 14.7. The third-order valence-electron chi connectivity index (χ3n) is 3.40. The van der Waals surface area contributed by atoms with E-state index in [4.69, 9.17) is 0 Å². The first-order valence-corrected chi connectivity index (χ1v) is 6.32. The van der Waals surface area contributed by atoms with Gasteiger partial charge in [-0.25, -0.2) is 0 Å². The van der Waals surface area contributed by atoms with Crippen molar-refractivity contribution >= 4 is 30.5 Å². The van der Waals surface area contributed by atoms with Gasteiger partial charge in [-0.3, -0.25) is 15.0 Å². The van der Waals surface area contributed by atoms with E-state index in [0.717, 1.165) is 26.2 Å². The molecule has 1 aliphatic heterocycles. The van der Waals surface area contributed by atoms with E-state index in [1.165, 1.54) is 12.1 Å². The summed E-state index contributed by atoms with van der Waals surface area (Å²) in [4.78, 5) is 12.3. The molecule has 1 aromatic rings. The van der Waals surface area contributed by atoms with E-state index in [1.54, 1.807) is 6.08 Å². The van der Waals surface area contributed by atoms with Crippen LogP contribution in [0.2, 0.25) is 0 Å². The SMILES string of the molecule is C=C[C@@H](c1cc(O)c(O)c([N+](=O)[O-])c1)N1CCNCC1.Cl.Cl. The van der Waals surface area contributed by atoms with Gasteiger partial charge in [0.05, 0.1) is 11.0 Å². The van der Waals surface area contributed by atoms with E-state index in [-0.39, 0.29) is 30.9 Å². The second-order valence-electron chi connectivity index (χ2n) is 4.63. The largest absolute Gasteiger partial charge is 0.504 e. The fraction of sp³-hybridized carbons (Fsp3) is 0.385. The molecule has 1 aromatic carbocycles. The molecule has 3 N–H and O–H groups in total. The molecule has 1 atom stereocenters. The molecular weight excluding hydrogens is 333 g/mol. The Kier molecular flexibility index (Phi) is 8.18. The normalized spacial score (nSPS) is 16.0. The second-order valence-corrected chi connectivity index (χ2v) is 4.63. The summed E-state index contributed by atoms with van der Waals surface area (Å²) in [6.45, 7) is 6.99. The number of benzene rings is 1. The summed E-state index contributed by atoms with van der Waals surface area (Å²) in [5.41, 5.74) is 0.0471. The number of nitrogens with zero attached hydrogens (tertiary/aromatic N) is 2. The van der Waals surface area contributed by atoms with Crippen molar-refractivity contribution in [2.45, 2.75) is 6.04 Å². The number of halogens is 2. The van der Waals surface area contributed by atoms with E-state index in [1.807, 2.05) is 0 Å². The molecule has 2 rings (SSSR count). The number of phenolic OH excluding ortho intramolecular Hbond substituents is 2. The summed E-state index contributed by atoms with van der Waals surface area (Å²) in [5.74, 6) is -1.20. The average Bonchev–Trinajstić information content (AvgIpc) is 2.44. The van der Waals surface area contributed by atoms with Gasteiger partial charge in [-0.15, -0.1) is 31.4 Å². The van der Waals surface area contributed by atoms with Crippen LogP contribution in [0.15, 0.2) is 24.8 Å². The van der Waals surface area contributed by atoms with Crippen molar-refractivity contribution in [3.63, 3.8) is 0 Å². The Labute approximate surface area is 140 Å². The van der Waals surface area contributed by atoms with Gasteiger partial charge in [-0.1, -0.05) is 6.08 Å². The number of nitro benzene ring substituents is 1. The van der Waals surface area contributed by atoms with Crippen molar-refractivity contribution in [2.75, 3.05) is 26.2 Å². The fourth-order valence-electron chi connectivity index (χ4n) is 2.39. The molecule has 0 bridgehead atoms. The molecule has 7 nitrogen and oxygen atoms in total. The molecule has 1 aliphatic rings. The molecule has 22 heavy (non-hydrogen) atoms. The van der Waals surface area contributed by atoms with Crippen molar-refractivity contribution in [3.8, 4) is 11.5 Å². The molecule has 124 valence electrons. The van der Waals surface area contributed by atoms with Crippen LogP contribution >= 0.6 is 24.8 Å². The molecule has 0 saturated carbocycles. The molecule has 0 amide bonds. The molecule has 9 heteroatoms. The lowest BCUT2D eigenvalue weighted by atomic mass is 10.0. The third kappa shape index (κ3) is 4.23. The summed E-state index contributed by atoms with van der Waals surface area (Å²) in [5, 5.41) is 33.3. The summed E-state index contributed by atoms with van der Waals surface area (Å²) >= 11 is 0. The highest BCUT2D eigenvalue weighted by Gasteiger charge is 2.25. The van der Waals surface area contributed by atoms with Crippen LogP contribution in [0.3, 0.4) is 0 Å². The first-order valence-electron chi connectivity index (χ1n) is 6.32. The minimum Gasteiger partial charge on any atom is -0.504 e. The molecule has 1 fully saturated rings. The van der Waals surface area contributed by atoms with Crippen LogP contribution in [-0.2, 0) is 0 Å². The molecule has 0 radical (unpaired) electrons. The van der Waals surface area contributed by atoms with Gasteiger partial charge in [-0.05, 0) is 11.6 Å². The number of hydrogen-bond donors (Lipinski definition) is 3. The van der Waals surface area contributed by atoms with Gasteiger partial charge in [-0.2, -0.15) is 0 Å². The number of aromatic hydroxyl groups is 2. The fourth-order valence-corrected chi connectivity index (χ4v) is 2.39. The van der Waals surface area contributed by atoms with E-state index in [0.29, 0.717) is 5.56 Å². The van der Waals surface area contributed by atoms with Crippen LogP contribution in [0.25, 0.3) is 0 Å². The van der Waals surface area contributed by atoms with Gasteiger partial charge in [0.25, 0.3) is 0 Å². The molecular formula is C13H19Cl2N3O4. The van der Waals surface area contributed by atoms with E-state index >= 15 is 0 Å². The maximum Gasteiger partial charge on any atom is 0.314 e. The van der Waals surface area contributed by atoms with E-state index in [9.17, 15) is 20.3 Å². The predicted octanol–water partition coefficient (Wildman–Crippen LogP) is 1.98. The van der Waals surface area contributed by atoms with Gasteiger partial charge in [0.1, 0.15) is 0 Å². The predicted molar refractivity (Wildman–Crippen MR) is 88.3 cm³/mol. The van der Waals surface area contributed by atoms with E-state index < -0.39 is 22.1 Å². The minimum atomic E-state index is -0.712. The molecule has 1 saturated heterocycles. The first kappa shape index (κ1) is 20.5. The van der Waals surface area contributed by atoms with Crippen molar-refractivity contribution in [1.29, 1.82) is 0 Å². The maximum absolute atomic E-state index is 10.9. The van der Waals surface area contributed by atoms with Crippen LogP contribution in [-0.4, -0.2) is 46.2 Å². The number of rotatable bonds is 4. The van der Waals surface area contributed by atoms with Gasteiger partial charge in [0, 0.05) is 32.2 Å². The lowest BCUT2D eigenvalue weighted by molar-refractivity contribution is -0.386. The van der Waals surface area contributed by atoms with Crippen LogP contribution < -0.4 is 5.32 Å². The second kappa shape index (κ2) is 8.79. The standard InChI is InChI=1S/C13H17N3O4.2ClH/c1-2-10(15-5-3-14-4-6-15)9-7-11(16(19)20)13(18)12(17)8-9;;/h2,7-8,10,14,17-18H,1,3-6H2;2*1H/t10-;;/m0../s1. The Morgan fingerprint density at radius 3 is 2.41 bits per heavy atom. The number of piperazine rings is 1. The van der Waals surface area contributed by atoms with Crippen LogP contribution in [0.1, 0.15) is 11.6 Å². The average molecular weight is 352 g/mol. The maximum atomic E-state index is 10.9. The minimum absolute atomic E-state index is 0. The van der Waals surface area contributed by atoms with Crippen LogP contribution in [0.5, 0.6) is 11.5 Å². The van der Waals surface area contributed by atoms with Crippen molar-refractivity contribution in [3.05, 3.63) is 40.5 Å². The van der Waals surface area contributed by atoms with Gasteiger partial charge in [0.15, 0.2) is 5.75 Å². The first-order chi connectivity index (χ1) is 9.54. The lowest BCUT2D eigenvalue weighted by Crippen LogP contribution is -2.44. The smallest absolute Gasteiger partial charge is 0.314 e. The van der Waals surface area contributed by atoms with Crippen LogP contribution in [0.4, 0.5) is 5.69 Å². The molecule has 0 unspecified atom stereocenters. The summed E-state index contributed by atoms with van der Waals surface area (Å²) in [7, 11) is 0. The highest BCUT2D eigenvalue weighted by Crippen LogP contribution is 2.39. The number of nitrogens with one attached hydrogen (secondary N) is 1. The topological polar surface area (TPSA) is 98.9 Å². The van der Waals surface area contributed by atoms with Crippen molar-refractivity contribution < 1.29 is 15.1 Å². The quantitative estimate of drug-likeness (QED) is 0.332. The van der Waals surface area contributed by atoms with Crippen molar-refractivity contribution in [1.82, 2.24) is 10.2 Å². The number of phenols is 2. The van der Waals surface area contributed by atoms with Gasteiger partial charge >= 0.3 is 5.69 Å². The zero-order valence-corrected chi connectivity index (χ0v) is 13.4. The Bertz CT molecular complexity index is 536. The Morgan fingerprint density at radius 1 is 1.32 bits per heavy atom. The third-order valence-corrected chi connectivity index (χ3v) is 3.40. The lowest BCUT2D eigenvalue weighted by Gasteiger charge is -2.33. The van der Waals surface area contributed by atoms with Gasteiger partial charge in [0.2, 0.25) is 5.75 Å². The highest BCUT2D eigenvalue weighted by molar-refractivity contribution is 5.85. The van der Waals surface area contributed by atoms with Gasteiger partial charge < -0.3 is 15.5 Å². The summed E-state index contributed by atoms with van der Waals surface area (Å²) in [6, 6.07) is 2.39. The number of hydrogen-bond acceptors (Lipinski definition) is 6. The summed E-state index contributed by atoms with van der Waals surface area (Å²) in [6.07, 6.45) is 1.68. The highest BCUT2D eigenvalue weighted by atomic mass is 35.5. The molecule has 1 heterocycles. The Hall–Kier alpha value is -1.54. The number of nitro groups is 1. The Balaban J connectivity index is 0.00000220. The molecule has 0 aromatic heterocycles. The van der Waals surface area contributed by atoms with E-state index in [2.05, 4.69) is 16.8 Å². The Morgan fingerprint density at radius 2 is 1.91 bits per heavy atom. The summed E-state index contributed by atoms with van der Waals surface area (Å²) < 4.78 is 0. The van der Waals surface area contributed by atoms with Crippen molar-refractivity contribution in [2.24, 2.45) is 0 Å². The monoisotopic (exact) mass is 351 g/mol. The zero-order valence-electron chi connectivity index (χ0n) is 11.8. The van der Waals surface area contributed by atoms with Crippen LogP contribution in [0, 0.1) is 10.1 Å². The molecule has 0 spiro atoms.